The topological polar surface area (TPSA) is 141 Å². The molecule has 0 aliphatic heterocycles. The molecule has 0 unspecified atom stereocenters. The zero-order valence-electron chi connectivity index (χ0n) is 72.5. The maximum absolute atomic E-state index is 5.02. The number of pyridine rings is 6. The Morgan fingerprint density at radius 1 is 0.162 bits per heavy atom. The van der Waals surface area contributed by atoms with Crippen LogP contribution >= 0.6 is 79.6 Å². The van der Waals surface area contributed by atoms with Gasteiger partial charge in [0.15, 0.2) is 11.6 Å². The van der Waals surface area contributed by atoms with E-state index >= 15 is 0 Å². The number of benzene rings is 14. The van der Waals surface area contributed by atoms with Gasteiger partial charge in [0.05, 0.1) is 44.7 Å². The van der Waals surface area contributed by atoms with E-state index in [1.165, 1.54) is 65.5 Å². The Bertz CT molecular complexity index is 8550. The van der Waals surface area contributed by atoms with E-state index in [0.717, 1.165) is 145 Å². The number of nitrogens with zero attached hydrogens (tertiary/aromatic N) is 14. The lowest BCUT2D eigenvalue weighted by Gasteiger charge is -2.13. The fraction of sp³-hybridized carbons (Fsp3) is 0. The molecule has 0 amide bonds. The van der Waals surface area contributed by atoms with Crippen molar-refractivity contribution in [2.24, 2.45) is 0 Å². The number of halogens is 5. The molecule has 26 aromatic rings. The predicted octanol–water partition coefficient (Wildman–Crippen LogP) is 32.3. The summed E-state index contributed by atoms with van der Waals surface area (Å²) in [6.45, 7) is 0. The molecule has 0 atom stereocenters. The number of rotatable bonds is 11. The van der Waals surface area contributed by atoms with Crippen LogP contribution in [0.3, 0.4) is 0 Å². The van der Waals surface area contributed by atoms with Gasteiger partial charge in [0.25, 0.3) is 0 Å². The van der Waals surface area contributed by atoms with Crippen LogP contribution in [0.4, 0.5) is 0 Å². The van der Waals surface area contributed by atoms with Crippen LogP contribution in [0.15, 0.2) is 478 Å². The summed E-state index contributed by atoms with van der Waals surface area (Å²) in [5.74, 6) is 1.78. The highest BCUT2D eigenvalue weighted by molar-refractivity contribution is 9.11. The lowest BCUT2D eigenvalue weighted by molar-refractivity contribution is 0.944. The predicted molar refractivity (Wildman–Crippen MR) is 575 cm³/mol. The normalized spacial score (nSPS) is 11.3. The van der Waals surface area contributed by atoms with Crippen molar-refractivity contribution in [1.82, 2.24) is 67.7 Å². The smallest absolute Gasteiger partial charge is 0.240 e. The average Bonchev–Trinajstić information content (AvgIpc) is 1.59. The van der Waals surface area contributed by atoms with E-state index in [0.29, 0.717) is 17.6 Å². The summed E-state index contributed by atoms with van der Waals surface area (Å²) in [5.41, 5.74) is 25.4. The molecule has 0 aliphatic carbocycles. The van der Waals surface area contributed by atoms with Gasteiger partial charge in [-0.3, -0.25) is 22.8 Å². The summed E-state index contributed by atoms with van der Waals surface area (Å²) < 4.78 is 16.1. The van der Waals surface area contributed by atoms with E-state index in [2.05, 4.69) is 379 Å². The summed E-state index contributed by atoms with van der Waals surface area (Å²) in [6.07, 6.45) is 9.20. The van der Waals surface area contributed by atoms with Crippen LogP contribution in [0.5, 0.6) is 0 Å². The van der Waals surface area contributed by atoms with E-state index in [1.54, 1.807) is 6.20 Å². The molecule has 0 saturated heterocycles. The Labute approximate surface area is 824 Å². The molecular formula is C117H75Br5N14. The third-order valence-corrected chi connectivity index (χ3v) is 26.5. The summed E-state index contributed by atoms with van der Waals surface area (Å²) in [5, 5.41) is 11.6. The van der Waals surface area contributed by atoms with Crippen LogP contribution in [0.25, 0.3) is 206 Å². The summed E-state index contributed by atoms with van der Waals surface area (Å²) in [6, 6.07) is 146. The van der Waals surface area contributed by atoms with E-state index < -0.39 is 0 Å². The van der Waals surface area contributed by atoms with Gasteiger partial charge in [-0.2, -0.15) is 9.97 Å². The highest BCUT2D eigenvalue weighted by Gasteiger charge is 2.23. The minimum Gasteiger partial charge on any atom is -0.294 e. The first-order chi connectivity index (χ1) is 67.0. The highest BCUT2D eigenvalue weighted by atomic mass is 79.9. The van der Waals surface area contributed by atoms with Crippen molar-refractivity contribution in [2.75, 3.05) is 0 Å². The molecule has 0 aliphatic rings. The molecular weight excluding hydrogens is 2000 g/mol. The zero-order valence-corrected chi connectivity index (χ0v) is 80.4. The molecule has 0 spiro atoms. The van der Waals surface area contributed by atoms with E-state index in [4.69, 9.17) is 24.9 Å². The number of aromatic nitrogens is 14. The van der Waals surface area contributed by atoms with Crippen LogP contribution in [0, 0.1) is 0 Å². The summed E-state index contributed by atoms with van der Waals surface area (Å²) in [4.78, 5) is 42.9. The summed E-state index contributed by atoms with van der Waals surface area (Å²) in [7, 11) is 0. The van der Waals surface area contributed by atoms with Gasteiger partial charge in [-0.1, -0.05) is 334 Å². The molecule has 0 fully saturated rings. The molecule has 648 valence electrons. The van der Waals surface area contributed by atoms with Crippen LogP contribution in [0.1, 0.15) is 0 Å². The molecule has 12 aromatic heterocycles. The van der Waals surface area contributed by atoms with Gasteiger partial charge in [0, 0.05) is 147 Å². The van der Waals surface area contributed by atoms with Gasteiger partial charge < -0.3 is 0 Å². The molecule has 14 nitrogen and oxygen atoms in total. The fourth-order valence-corrected chi connectivity index (χ4v) is 19.6. The van der Waals surface area contributed by atoms with Gasteiger partial charge in [-0.25, -0.2) is 34.9 Å². The van der Waals surface area contributed by atoms with E-state index in [1.807, 2.05) is 193 Å². The van der Waals surface area contributed by atoms with Crippen molar-refractivity contribution in [3.05, 3.63) is 478 Å². The first kappa shape index (κ1) is 85.8. The number of hydrogen-bond acceptors (Lipinski definition) is 9. The number of hydrogen-bond donors (Lipinski definition) is 0. The highest BCUT2D eigenvalue weighted by Crippen LogP contribution is 2.41. The number of para-hydroxylation sites is 1. The molecule has 0 bridgehead atoms. The lowest BCUT2D eigenvalue weighted by atomic mass is 10.1. The van der Waals surface area contributed by atoms with Crippen molar-refractivity contribution in [3.8, 4) is 96.2 Å². The summed E-state index contributed by atoms with van der Waals surface area (Å²) >= 11 is 18.0. The Morgan fingerprint density at radius 2 is 0.426 bits per heavy atom. The van der Waals surface area contributed by atoms with Gasteiger partial charge in [0.1, 0.15) is 28.2 Å². The molecule has 0 saturated carbocycles. The Kier molecular flexibility index (Phi) is 24.1. The molecule has 26 rings (SSSR count). The maximum atomic E-state index is 5.02. The quantitative estimate of drug-likeness (QED) is 0.124. The average molecular weight is 2080 g/mol. The lowest BCUT2D eigenvalue weighted by Crippen LogP contribution is -2.06. The second kappa shape index (κ2) is 38.2. The number of fused-ring (bicyclic) bond motifs is 15. The fourth-order valence-electron chi connectivity index (χ4n) is 17.9. The van der Waals surface area contributed by atoms with Gasteiger partial charge in [-0.05, 0) is 192 Å². The van der Waals surface area contributed by atoms with Crippen molar-refractivity contribution >= 4 is 189 Å². The SMILES string of the molecule is Brc1ccc2c3cccnc3n(-c3cc(-c4ccccc4)nc(-c4ccccc4)c3)c2c1.Brc1ccc2c3cccnc3n(-c3ccc(-c4ccccc4)cc3)c2c1.Brc1ccc2c3cccnc3n(-c3cccc(-c4ccccc4)c3)c2c1.Brc1ccc2c3cccnc3n(-c3ccccc3)c2c1.Brc1ccc2c3cccnc3n(-c3nc(-c4ccccc4)nc(-c4ccccc4)n3)c2c1. The minimum atomic E-state index is 0.537. The maximum Gasteiger partial charge on any atom is 0.240 e. The third-order valence-electron chi connectivity index (χ3n) is 24.0. The first-order valence-electron chi connectivity index (χ1n) is 44.1. The third kappa shape index (κ3) is 17.2. The molecule has 12 heterocycles. The Morgan fingerprint density at radius 3 is 0.779 bits per heavy atom. The zero-order chi connectivity index (χ0) is 91.5. The largest absolute Gasteiger partial charge is 0.294 e. The van der Waals surface area contributed by atoms with Crippen molar-refractivity contribution in [1.29, 1.82) is 0 Å². The molecule has 19 heteroatoms. The standard InChI is InChI=1S/C28H18BrN3.C26H16BrN5.2C23H15BrN2.C17H11BrN2/c29-21-13-14-23-24-12-7-15-30-28(24)32(27(23)16-21)22-17-25(19-8-3-1-4-9-19)31-26(18-22)20-10-5-2-6-11-20;27-19-13-14-20-21-12-7-15-28-25(21)32(22(20)16-19)26-30-23(17-8-3-1-4-9-17)29-24(31-26)18-10-5-2-6-11-18;24-18-11-12-20-21-10-5-13-25-23(21)26(22(20)15-18)19-9-4-8-17(14-19)16-6-2-1-3-7-16;24-18-10-13-20-21-7-4-14-25-23(21)26(22(20)15-18)19-11-8-17(9-12-19)16-5-2-1-3-6-16;18-12-8-9-14-15-7-4-10-19-17(15)20(16(14)11-12)13-5-2-1-3-6-13/h1-18H;1-16H;2*1-15H;1-11H. The van der Waals surface area contributed by atoms with Gasteiger partial charge in [-0.15, -0.1) is 0 Å². The van der Waals surface area contributed by atoms with E-state index in [-0.39, 0.29) is 0 Å². The molecule has 0 radical (unpaired) electrons. The molecule has 136 heavy (non-hydrogen) atoms. The second-order valence-electron chi connectivity index (χ2n) is 32.4. The van der Waals surface area contributed by atoms with Crippen LogP contribution in [-0.4, -0.2) is 67.7 Å². The van der Waals surface area contributed by atoms with E-state index in [9.17, 15) is 0 Å². The first-order valence-corrected chi connectivity index (χ1v) is 48.1. The van der Waals surface area contributed by atoms with Crippen molar-refractivity contribution in [3.63, 3.8) is 0 Å². The minimum absolute atomic E-state index is 0.537. The molecule has 0 N–H and O–H groups in total. The second-order valence-corrected chi connectivity index (χ2v) is 36.9. The Balaban J connectivity index is 0.0000000993. The monoisotopic (exact) mass is 2070 g/mol. The van der Waals surface area contributed by atoms with Gasteiger partial charge in [0.2, 0.25) is 5.95 Å². The van der Waals surface area contributed by atoms with Crippen molar-refractivity contribution < 1.29 is 0 Å². The van der Waals surface area contributed by atoms with Crippen LogP contribution in [-0.2, 0) is 0 Å². The van der Waals surface area contributed by atoms with Crippen molar-refractivity contribution in [2.45, 2.75) is 0 Å². The van der Waals surface area contributed by atoms with Gasteiger partial charge >= 0.3 is 0 Å². The molecule has 14 aromatic carbocycles. The van der Waals surface area contributed by atoms with Crippen LogP contribution in [0.2, 0.25) is 0 Å². The van der Waals surface area contributed by atoms with Crippen LogP contribution < -0.4 is 0 Å². The Hall–Kier alpha value is -15.6.